The van der Waals surface area contributed by atoms with Gasteiger partial charge >= 0.3 is 35.5 Å². The van der Waals surface area contributed by atoms with Crippen LogP contribution in [0.1, 0.15) is 10.4 Å². The maximum absolute atomic E-state index is 11.9. The van der Waals surface area contributed by atoms with E-state index < -0.39 is 5.97 Å². The van der Waals surface area contributed by atoms with Crippen molar-refractivity contribution in [2.24, 2.45) is 0 Å². The van der Waals surface area contributed by atoms with Crippen molar-refractivity contribution < 1.29 is 19.1 Å². The summed E-state index contributed by atoms with van der Waals surface area (Å²) in [6, 6.07) is 9.09. The monoisotopic (exact) mass is 325 g/mol. The Morgan fingerprint density at radius 2 is 1.74 bits per heavy atom. The summed E-state index contributed by atoms with van der Waals surface area (Å²) in [6.45, 7) is 2.54. The van der Waals surface area contributed by atoms with Gasteiger partial charge in [0.05, 0.1) is 18.8 Å². The predicted molar refractivity (Wildman–Crippen MR) is 87.6 cm³/mol. The third-order valence-electron chi connectivity index (χ3n) is 3.49. The zero-order valence-electron chi connectivity index (χ0n) is 11.8. The van der Waals surface area contributed by atoms with E-state index in [9.17, 15) is 9.59 Å². The van der Waals surface area contributed by atoms with E-state index in [0.29, 0.717) is 43.5 Å². The van der Waals surface area contributed by atoms with Gasteiger partial charge in [-0.2, -0.15) is 0 Å². The average Bonchev–Trinajstić information content (AvgIpc) is 2.55. The molecule has 0 saturated carbocycles. The van der Waals surface area contributed by atoms with Gasteiger partial charge in [-0.15, -0.1) is 0 Å². The first kappa shape index (κ1) is 17.7. The Labute approximate surface area is 155 Å². The summed E-state index contributed by atoms with van der Waals surface area (Å²) in [5, 5.41) is 8.91. The summed E-state index contributed by atoms with van der Waals surface area (Å²) in [7, 11) is 0. The molecule has 1 aliphatic heterocycles. The number of aromatic carboxylic acids is 1. The molecule has 0 unspecified atom stereocenters. The van der Waals surface area contributed by atoms with Crippen molar-refractivity contribution in [1.29, 1.82) is 0 Å². The van der Waals surface area contributed by atoms with Gasteiger partial charge in [-0.3, -0.25) is 4.79 Å². The van der Waals surface area contributed by atoms with Crippen LogP contribution in [0.2, 0.25) is 0 Å². The molecule has 2 heterocycles. The Kier molecular flexibility index (Phi) is 6.01. The van der Waals surface area contributed by atoms with Crippen LogP contribution in [-0.2, 0) is 4.74 Å². The van der Waals surface area contributed by atoms with E-state index >= 15 is 0 Å². The van der Waals surface area contributed by atoms with Crippen molar-refractivity contribution in [2.75, 3.05) is 31.2 Å². The maximum atomic E-state index is 11.9. The third-order valence-corrected chi connectivity index (χ3v) is 3.49. The van der Waals surface area contributed by atoms with Crippen LogP contribution in [0.5, 0.6) is 0 Å². The molecule has 1 saturated heterocycles. The molecule has 1 fully saturated rings. The summed E-state index contributed by atoms with van der Waals surface area (Å²) >= 11 is 0. The quantitative estimate of drug-likeness (QED) is 0.854. The fourth-order valence-corrected chi connectivity index (χ4v) is 2.32. The van der Waals surface area contributed by atoms with Crippen LogP contribution >= 0.6 is 0 Å². The van der Waals surface area contributed by atoms with Crippen molar-refractivity contribution in [3.8, 4) is 11.3 Å². The number of rotatable bonds is 3. The first-order valence-electron chi connectivity index (χ1n) is 6.95. The van der Waals surface area contributed by atoms with Gasteiger partial charge in [0, 0.05) is 30.8 Å². The van der Waals surface area contributed by atoms with Gasteiger partial charge in [0.1, 0.15) is 5.76 Å². The van der Waals surface area contributed by atoms with Gasteiger partial charge in [-0.1, -0.05) is 12.1 Å². The summed E-state index contributed by atoms with van der Waals surface area (Å²) < 4.78 is 11.1. The number of nitrogens with zero attached hydrogens (tertiary/aromatic N) is 1. The topological polar surface area (TPSA) is 80.0 Å². The fraction of sp³-hybridized carbons (Fsp3) is 0.250. The molecule has 1 aromatic heterocycles. The van der Waals surface area contributed by atoms with E-state index in [-0.39, 0.29) is 40.5 Å². The number of carbonyl (C=O) groups is 1. The molecule has 116 valence electrons. The molecule has 23 heavy (non-hydrogen) atoms. The Morgan fingerprint density at radius 1 is 1.09 bits per heavy atom. The van der Waals surface area contributed by atoms with Crippen LogP contribution < -0.4 is 10.3 Å². The van der Waals surface area contributed by atoms with Crippen molar-refractivity contribution >= 4 is 41.4 Å². The van der Waals surface area contributed by atoms with Crippen LogP contribution in [0.25, 0.3) is 11.3 Å². The molecule has 0 aliphatic carbocycles. The normalized spacial score (nSPS) is 14.2. The van der Waals surface area contributed by atoms with Crippen molar-refractivity contribution in [2.45, 2.75) is 0 Å². The molecule has 0 radical (unpaired) electrons. The Bertz CT molecular complexity index is 735. The molecule has 2 aromatic rings. The molecule has 0 amide bonds. The molecule has 1 aliphatic rings. The second kappa shape index (κ2) is 7.79. The molecule has 3 rings (SSSR count). The number of carboxylic acid groups (broad SMARTS) is 1. The number of morpholine rings is 1. The van der Waals surface area contributed by atoms with Crippen LogP contribution in [0.15, 0.2) is 45.6 Å². The Hall–Kier alpha value is -1.60. The minimum atomic E-state index is -0.991. The number of hydrogen-bond acceptors (Lipinski definition) is 5. The van der Waals surface area contributed by atoms with Crippen LogP contribution in [-0.4, -0.2) is 66.9 Å². The van der Waals surface area contributed by atoms with Gasteiger partial charge in [-0.05, 0) is 12.1 Å². The van der Waals surface area contributed by atoms with E-state index in [2.05, 4.69) is 0 Å². The molecule has 0 spiro atoms. The second-order valence-electron chi connectivity index (χ2n) is 4.98. The van der Waals surface area contributed by atoms with Gasteiger partial charge < -0.3 is 19.2 Å². The number of ether oxygens (including phenoxy) is 1. The molecular weight excluding hydrogens is 309 g/mol. The van der Waals surface area contributed by atoms with Crippen molar-refractivity contribution in [3.05, 3.63) is 52.2 Å². The number of hydrogen-bond donors (Lipinski definition) is 1. The molecular formula is C16H16NNaO5. The average molecular weight is 325 g/mol. The zero-order chi connectivity index (χ0) is 15.5. The van der Waals surface area contributed by atoms with Gasteiger partial charge in [0.15, 0.2) is 11.3 Å². The molecule has 6 nitrogen and oxygen atoms in total. The predicted octanol–water partition coefficient (Wildman–Crippen LogP) is 1.19. The van der Waals surface area contributed by atoms with Crippen LogP contribution in [0, 0.1) is 0 Å². The zero-order valence-corrected chi connectivity index (χ0v) is 11.8. The molecule has 1 N–H and O–H groups in total. The first-order valence-corrected chi connectivity index (χ1v) is 6.95. The molecule has 7 heteroatoms. The van der Waals surface area contributed by atoms with E-state index in [4.69, 9.17) is 14.3 Å². The SMILES string of the molecule is O=C(O)c1ccc(-c2cc(=O)cc(N3CCOCC3)o2)cc1.[NaH]. The van der Waals surface area contributed by atoms with Crippen LogP contribution in [0.3, 0.4) is 0 Å². The Morgan fingerprint density at radius 3 is 2.35 bits per heavy atom. The van der Waals surface area contributed by atoms with E-state index in [1.54, 1.807) is 12.1 Å². The molecule has 0 bridgehead atoms. The van der Waals surface area contributed by atoms with Crippen molar-refractivity contribution in [1.82, 2.24) is 0 Å². The summed E-state index contributed by atoms with van der Waals surface area (Å²) in [4.78, 5) is 24.7. The summed E-state index contributed by atoms with van der Waals surface area (Å²) in [5.41, 5.74) is 0.706. The van der Waals surface area contributed by atoms with Gasteiger partial charge in [0.25, 0.3) is 0 Å². The number of benzene rings is 1. The second-order valence-corrected chi connectivity index (χ2v) is 4.98. The third kappa shape index (κ3) is 4.23. The number of carboxylic acids is 1. The number of anilines is 1. The van der Waals surface area contributed by atoms with E-state index in [1.807, 2.05) is 4.90 Å². The standard InChI is InChI=1S/C16H15NO5.Na.H/c18-13-9-14(11-1-3-12(4-2-11)16(19)20)22-15(10-13)17-5-7-21-8-6-17;;/h1-4,9-10H,5-8H2,(H,19,20);;. The van der Waals surface area contributed by atoms with Crippen LogP contribution in [0.4, 0.5) is 5.88 Å². The summed E-state index contributed by atoms with van der Waals surface area (Å²) in [6.07, 6.45) is 0. The fourth-order valence-electron chi connectivity index (χ4n) is 2.32. The van der Waals surface area contributed by atoms with Gasteiger partial charge in [-0.25, -0.2) is 4.79 Å². The van der Waals surface area contributed by atoms with Crippen molar-refractivity contribution in [3.63, 3.8) is 0 Å². The van der Waals surface area contributed by atoms with E-state index in [1.165, 1.54) is 24.3 Å². The first-order chi connectivity index (χ1) is 10.6. The summed E-state index contributed by atoms with van der Waals surface area (Å²) in [5.74, 6) is -0.0610. The van der Waals surface area contributed by atoms with E-state index in [0.717, 1.165) is 0 Å². The minimum absolute atomic E-state index is 0. The molecule has 0 atom stereocenters. The Balaban J connectivity index is 0.00000192. The molecule has 1 aromatic carbocycles. The van der Waals surface area contributed by atoms with Gasteiger partial charge in [0.2, 0.25) is 0 Å².